The van der Waals surface area contributed by atoms with Crippen molar-refractivity contribution in [2.24, 2.45) is 0 Å². The van der Waals surface area contributed by atoms with E-state index >= 15 is 0 Å². The Morgan fingerprint density at radius 3 is 1.82 bits per heavy atom. The third-order valence-corrected chi connectivity index (χ3v) is 7.56. The van der Waals surface area contributed by atoms with E-state index in [9.17, 15) is 16.8 Å². The summed E-state index contributed by atoms with van der Waals surface area (Å²) in [6.45, 7) is 0. The summed E-state index contributed by atoms with van der Waals surface area (Å²) in [5, 5.41) is 0.140. The molecule has 0 aliphatic rings. The monoisotopic (exact) mass is 512 g/mol. The molecule has 33 heavy (non-hydrogen) atoms. The molecular weight excluding hydrogens is 492 g/mol. The minimum atomic E-state index is -3.99. The first-order chi connectivity index (χ1) is 15.6. The summed E-state index contributed by atoms with van der Waals surface area (Å²) in [7, 11) is -3.66. The Balaban J connectivity index is 1.81. The van der Waals surface area contributed by atoms with E-state index < -0.39 is 20.0 Å². The van der Waals surface area contributed by atoms with E-state index in [1.165, 1.54) is 69.9 Å². The van der Waals surface area contributed by atoms with Gasteiger partial charge in [-0.05, 0) is 54.6 Å². The number of nitrogens with one attached hydrogen (secondary N) is 2. The van der Waals surface area contributed by atoms with Crippen molar-refractivity contribution in [1.29, 1.82) is 0 Å². The summed E-state index contributed by atoms with van der Waals surface area (Å²) < 4.78 is 71.1. The first kappa shape index (κ1) is 24.5. The van der Waals surface area contributed by atoms with Crippen LogP contribution in [-0.4, -0.2) is 38.2 Å². The molecule has 0 saturated carbocycles. The van der Waals surface area contributed by atoms with Gasteiger partial charge in [0.2, 0.25) is 0 Å². The van der Waals surface area contributed by atoms with Crippen LogP contribution in [0.5, 0.6) is 17.2 Å². The minimum absolute atomic E-state index is 0.0724. The van der Waals surface area contributed by atoms with Crippen molar-refractivity contribution >= 4 is 43.0 Å². The molecular formula is C21H21ClN2O7S2. The van der Waals surface area contributed by atoms with Gasteiger partial charge in [0.25, 0.3) is 20.0 Å². The number of anilines is 2. The molecule has 9 nitrogen and oxygen atoms in total. The predicted octanol–water partition coefficient (Wildman–Crippen LogP) is 3.97. The highest BCUT2D eigenvalue weighted by molar-refractivity contribution is 7.93. The van der Waals surface area contributed by atoms with Crippen LogP contribution in [-0.2, 0) is 20.0 Å². The highest BCUT2D eigenvalue weighted by atomic mass is 35.5. The van der Waals surface area contributed by atoms with Crippen molar-refractivity contribution < 1.29 is 31.0 Å². The normalized spacial score (nSPS) is 11.5. The highest BCUT2D eigenvalue weighted by Crippen LogP contribution is 2.31. The summed E-state index contributed by atoms with van der Waals surface area (Å²) in [4.78, 5) is -0.153. The molecule has 0 spiro atoms. The van der Waals surface area contributed by atoms with Crippen LogP contribution >= 0.6 is 11.6 Å². The Morgan fingerprint density at radius 1 is 0.667 bits per heavy atom. The van der Waals surface area contributed by atoms with E-state index in [1.807, 2.05) is 0 Å². The average Bonchev–Trinajstić information content (AvgIpc) is 2.78. The van der Waals surface area contributed by atoms with Crippen molar-refractivity contribution in [3.63, 3.8) is 0 Å². The van der Waals surface area contributed by atoms with Crippen molar-refractivity contribution in [1.82, 2.24) is 0 Å². The number of methoxy groups -OCH3 is 3. The second-order valence-corrected chi connectivity index (χ2v) is 10.4. The topological polar surface area (TPSA) is 120 Å². The summed E-state index contributed by atoms with van der Waals surface area (Å²) in [5.41, 5.74) is 0.359. The number of ether oxygens (including phenoxy) is 3. The van der Waals surface area contributed by atoms with E-state index in [1.54, 1.807) is 12.1 Å². The lowest BCUT2D eigenvalue weighted by Gasteiger charge is -2.14. The number of halogens is 1. The zero-order chi connectivity index (χ0) is 24.2. The zero-order valence-corrected chi connectivity index (χ0v) is 20.2. The first-order valence-electron chi connectivity index (χ1n) is 9.31. The fourth-order valence-corrected chi connectivity index (χ4v) is 5.30. The van der Waals surface area contributed by atoms with Gasteiger partial charge in [-0.2, -0.15) is 0 Å². The molecule has 0 atom stereocenters. The molecule has 0 fully saturated rings. The SMILES string of the molecule is COc1ccc(OC)c(NS(=O)(=O)c2ccc(NS(=O)(=O)c3ccc(OC)c(Cl)c3)cc2)c1. The maximum atomic E-state index is 12.8. The quantitative estimate of drug-likeness (QED) is 0.445. The Morgan fingerprint density at radius 2 is 1.24 bits per heavy atom. The van der Waals surface area contributed by atoms with E-state index in [2.05, 4.69) is 9.44 Å². The molecule has 0 saturated heterocycles. The molecule has 0 unspecified atom stereocenters. The highest BCUT2D eigenvalue weighted by Gasteiger charge is 2.19. The largest absolute Gasteiger partial charge is 0.497 e. The fourth-order valence-electron chi connectivity index (χ4n) is 2.83. The maximum Gasteiger partial charge on any atom is 0.262 e. The van der Waals surface area contributed by atoms with Gasteiger partial charge in [0.05, 0.1) is 41.8 Å². The third-order valence-electron chi connectivity index (χ3n) is 4.50. The van der Waals surface area contributed by atoms with Gasteiger partial charge >= 0.3 is 0 Å². The molecule has 3 aromatic carbocycles. The number of hydrogen-bond acceptors (Lipinski definition) is 7. The molecule has 0 radical (unpaired) electrons. The van der Waals surface area contributed by atoms with Crippen molar-refractivity contribution in [2.75, 3.05) is 30.8 Å². The summed E-state index contributed by atoms with van der Waals surface area (Å²) in [5.74, 6) is 1.09. The molecule has 176 valence electrons. The van der Waals surface area contributed by atoms with Crippen LogP contribution in [0.15, 0.2) is 70.5 Å². The average molecular weight is 513 g/mol. The summed E-state index contributed by atoms with van der Waals surface area (Å²) in [6, 6.07) is 13.9. The lowest BCUT2D eigenvalue weighted by Crippen LogP contribution is -2.15. The van der Waals surface area contributed by atoms with Gasteiger partial charge in [-0.1, -0.05) is 11.6 Å². The van der Waals surface area contributed by atoms with E-state index in [4.69, 9.17) is 25.8 Å². The number of benzene rings is 3. The van der Waals surface area contributed by atoms with E-state index in [0.29, 0.717) is 17.2 Å². The number of hydrogen-bond donors (Lipinski definition) is 2. The van der Waals surface area contributed by atoms with Gasteiger partial charge in [-0.25, -0.2) is 16.8 Å². The maximum absolute atomic E-state index is 12.8. The zero-order valence-electron chi connectivity index (χ0n) is 17.8. The van der Waals surface area contributed by atoms with Crippen LogP contribution < -0.4 is 23.7 Å². The van der Waals surface area contributed by atoms with Crippen LogP contribution in [0, 0.1) is 0 Å². The Bertz CT molecular complexity index is 1360. The lowest BCUT2D eigenvalue weighted by molar-refractivity contribution is 0.405. The summed E-state index contributed by atoms with van der Waals surface area (Å²) in [6.07, 6.45) is 0. The van der Waals surface area contributed by atoms with Crippen LogP contribution in [0.2, 0.25) is 5.02 Å². The van der Waals surface area contributed by atoms with Gasteiger partial charge in [0.1, 0.15) is 17.2 Å². The molecule has 0 aromatic heterocycles. The molecule has 0 aliphatic carbocycles. The van der Waals surface area contributed by atoms with Crippen molar-refractivity contribution in [2.45, 2.75) is 9.79 Å². The second-order valence-electron chi connectivity index (χ2n) is 6.60. The van der Waals surface area contributed by atoms with Crippen LogP contribution in [0.3, 0.4) is 0 Å². The molecule has 2 N–H and O–H groups in total. The summed E-state index contributed by atoms with van der Waals surface area (Å²) >= 11 is 6.01. The van der Waals surface area contributed by atoms with Crippen molar-refractivity contribution in [3.05, 3.63) is 65.7 Å². The Labute approximate surface area is 197 Å². The second kappa shape index (κ2) is 9.77. The van der Waals surface area contributed by atoms with E-state index in [0.717, 1.165) is 0 Å². The standard InChI is InChI=1S/C21H21ClN2O7S2/c1-29-15-6-10-21(31-3)19(12-15)24-32(25,26)16-7-4-14(5-8-16)23-33(27,28)17-9-11-20(30-2)18(22)13-17/h4-13,23-24H,1-3H3. The molecule has 0 amide bonds. The predicted molar refractivity (Wildman–Crippen MR) is 126 cm³/mol. The number of rotatable bonds is 9. The van der Waals surface area contributed by atoms with Gasteiger partial charge in [0.15, 0.2) is 0 Å². The Kier molecular flexibility index (Phi) is 7.25. The molecule has 3 rings (SSSR count). The van der Waals surface area contributed by atoms with Gasteiger partial charge in [0, 0.05) is 11.8 Å². The minimum Gasteiger partial charge on any atom is -0.497 e. The third kappa shape index (κ3) is 5.62. The number of sulfonamides is 2. The van der Waals surface area contributed by atoms with Crippen LogP contribution in [0.25, 0.3) is 0 Å². The molecule has 0 bridgehead atoms. The van der Waals surface area contributed by atoms with Crippen molar-refractivity contribution in [3.8, 4) is 17.2 Å². The van der Waals surface area contributed by atoms with E-state index in [-0.39, 0.29) is 26.2 Å². The Hall–Kier alpha value is -3.15. The first-order valence-corrected chi connectivity index (χ1v) is 12.7. The molecule has 0 aliphatic heterocycles. The van der Waals surface area contributed by atoms with Gasteiger partial charge in [-0.15, -0.1) is 0 Å². The fraction of sp³-hybridized carbons (Fsp3) is 0.143. The molecule has 0 heterocycles. The smallest absolute Gasteiger partial charge is 0.262 e. The van der Waals surface area contributed by atoms with Crippen LogP contribution in [0.1, 0.15) is 0 Å². The molecule has 3 aromatic rings. The van der Waals surface area contributed by atoms with Gasteiger partial charge < -0.3 is 14.2 Å². The molecule has 12 heteroatoms. The lowest BCUT2D eigenvalue weighted by atomic mass is 10.3. The van der Waals surface area contributed by atoms with Gasteiger partial charge in [-0.3, -0.25) is 9.44 Å². The van der Waals surface area contributed by atoms with Crippen LogP contribution in [0.4, 0.5) is 11.4 Å².